The minimum atomic E-state index is -0.517. The first kappa shape index (κ1) is 23.3. The number of ether oxygens (including phenoxy) is 1. The van der Waals surface area contributed by atoms with Crippen LogP contribution in [0.15, 0.2) is 70.7 Å². The van der Waals surface area contributed by atoms with Crippen LogP contribution in [-0.4, -0.2) is 5.91 Å². The Morgan fingerprint density at radius 3 is 2.68 bits per heavy atom. The van der Waals surface area contributed by atoms with Gasteiger partial charge in [0.2, 0.25) is 0 Å². The van der Waals surface area contributed by atoms with Gasteiger partial charge >= 0.3 is 0 Å². The summed E-state index contributed by atoms with van der Waals surface area (Å²) in [5.41, 5.74) is 2.89. The van der Waals surface area contributed by atoms with Crippen LogP contribution >= 0.6 is 50.1 Å². The van der Waals surface area contributed by atoms with Crippen LogP contribution in [0.4, 0.5) is 5.69 Å². The monoisotopic (exact) mass is 606 g/mol. The molecule has 0 aliphatic heterocycles. The normalized spacial score (nSPS) is 11.0. The molecule has 4 nitrogen and oxygen atoms in total. The van der Waals surface area contributed by atoms with Crippen molar-refractivity contribution in [2.75, 3.05) is 5.32 Å². The second kappa shape index (κ2) is 10.8. The third kappa shape index (κ3) is 6.33. The number of benzene rings is 3. The quantitative estimate of drug-likeness (QED) is 0.184. The highest BCUT2D eigenvalue weighted by Crippen LogP contribution is 2.28. The lowest BCUT2D eigenvalue weighted by molar-refractivity contribution is -0.112. The number of anilines is 1. The number of carbonyl (C=O) groups excluding carboxylic acids is 1. The summed E-state index contributed by atoms with van der Waals surface area (Å²) in [5, 5.41) is 12.9. The highest BCUT2D eigenvalue weighted by atomic mass is 127. The highest BCUT2D eigenvalue weighted by Gasteiger charge is 2.14. The summed E-state index contributed by atoms with van der Waals surface area (Å²) in [6.45, 7) is 2.17. The summed E-state index contributed by atoms with van der Waals surface area (Å²) < 4.78 is 7.93. The zero-order valence-corrected chi connectivity index (χ0v) is 21.0. The number of nitriles is 1. The van der Waals surface area contributed by atoms with E-state index in [9.17, 15) is 10.1 Å². The van der Waals surface area contributed by atoms with Gasteiger partial charge in [0.05, 0.1) is 0 Å². The Kier molecular flexibility index (Phi) is 8.13. The van der Waals surface area contributed by atoms with Crippen LogP contribution < -0.4 is 10.1 Å². The molecule has 0 bridgehead atoms. The second-order valence-corrected chi connectivity index (χ2v) is 9.20. The topological polar surface area (TPSA) is 62.1 Å². The Balaban J connectivity index is 1.84. The Labute approximate surface area is 208 Å². The smallest absolute Gasteiger partial charge is 0.266 e. The molecular weight excluding hydrogens is 591 g/mol. The number of hydrogen-bond donors (Lipinski definition) is 1. The van der Waals surface area contributed by atoms with Crippen molar-refractivity contribution in [1.82, 2.24) is 0 Å². The van der Waals surface area contributed by atoms with Gasteiger partial charge in [-0.05, 0) is 89.2 Å². The van der Waals surface area contributed by atoms with Crippen molar-refractivity contribution in [3.05, 3.63) is 96.0 Å². The summed E-state index contributed by atoms with van der Waals surface area (Å²) in [6.07, 6.45) is 1.52. The summed E-state index contributed by atoms with van der Waals surface area (Å²) in [7, 11) is 0. The lowest BCUT2D eigenvalue weighted by Crippen LogP contribution is -2.14. The van der Waals surface area contributed by atoms with Crippen molar-refractivity contribution < 1.29 is 9.53 Å². The molecule has 1 N–H and O–H groups in total. The van der Waals surface area contributed by atoms with Gasteiger partial charge in [0, 0.05) is 24.3 Å². The lowest BCUT2D eigenvalue weighted by Gasteiger charge is -2.11. The van der Waals surface area contributed by atoms with E-state index in [0.29, 0.717) is 28.6 Å². The average Bonchev–Trinajstić information content (AvgIpc) is 2.75. The summed E-state index contributed by atoms with van der Waals surface area (Å²) in [5.74, 6) is 0.0534. The molecule has 0 aliphatic rings. The van der Waals surface area contributed by atoms with E-state index >= 15 is 0 Å². The Morgan fingerprint density at radius 2 is 1.97 bits per heavy atom. The predicted molar refractivity (Wildman–Crippen MR) is 136 cm³/mol. The Morgan fingerprint density at radius 1 is 1.23 bits per heavy atom. The van der Waals surface area contributed by atoms with Crippen LogP contribution in [0.2, 0.25) is 5.02 Å². The molecule has 0 unspecified atom stereocenters. The Bertz CT molecular complexity index is 1190. The molecule has 7 heteroatoms. The SMILES string of the molecule is Cc1c(Cl)cccc1NC(=O)/C(C#N)=C\c1cc(Br)ccc1OCc1ccc(I)cc1. The summed E-state index contributed by atoms with van der Waals surface area (Å²) >= 11 is 11.8. The van der Waals surface area contributed by atoms with Crippen LogP contribution in [0, 0.1) is 21.8 Å². The maximum absolute atomic E-state index is 12.7. The van der Waals surface area contributed by atoms with Gasteiger partial charge in [-0.15, -0.1) is 0 Å². The molecule has 0 heterocycles. The molecule has 3 aromatic carbocycles. The molecule has 31 heavy (non-hydrogen) atoms. The zero-order valence-electron chi connectivity index (χ0n) is 16.5. The second-order valence-electron chi connectivity index (χ2n) is 6.63. The third-order valence-electron chi connectivity index (χ3n) is 4.46. The minimum absolute atomic E-state index is 0.0448. The van der Waals surface area contributed by atoms with E-state index < -0.39 is 5.91 Å². The van der Waals surface area contributed by atoms with Gasteiger partial charge in [0.1, 0.15) is 24.0 Å². The first-order valence-electron chi connectivity index (χ1n) is 9.22. The largest absolute Gasteiger partial charge is 0.488 e. The molecule has 0 saturated heterocycles. The predicted octanol–water partition coefficient (Wildman–Crippen LogP) is 7.14. The molecule has 0 fully saturated rings. The van der Waals surface area contributed by atoms with Crippen LogP contribution in [0.3, 0.4) is 0 Å². The standard InChI is InChI=1S/C24H17BrClIN2O2/c1-15-21(26)3-2-4-22(15)29-24(30)18(13-28)11-17-12-19(25)7-10-23(17)31-14-16-5-8-20(27)9-6-16/h2-12H,14H2,1H3,(H,29,30)/b18-11-. The first-order chi connectivity index (χ1) is 14.9. The van der Waals surface area contributed by atoms with Gasteiger partial charge in [-0.3, -0.25) is 4.79 Å². The molecular formula is C24H17BrClIN2O2. The van der Waals surface area contributed by atoms with Crippen molar-refractivity contribution in [2.24, 2.45) is 0 Å². The number of hydrogen-bond acceptors (Lipinski definition) is 3. The van der Waals surface area contributed by atoms with E-state index in [2.05, 4.69) is 43.8 Å². The third-order valence-corrected chi connectivity index (χ3v) is 6.08. The summed E-state index contributed by atoms with van der Waals surface area (Å²) in [6, 6.07) is 20.7. The maximum atomic E-state index is 12.7. The molecule has 3 aromatic rings. The molecule has 1 amide bonds. The molecule has 0 aromatic heterocycles. The van der Waals surface area contributed by atoms with Crippen LogP contribution in [0.1, 0.15) is 16.7 Å². The van der Waals surface area contributed by atoms with Gasteiger partial charge in [0.25, 0.3) is 5.91 Å². The van der Waals surface area contributed by atoms with Gasteiger partial charge in [0.15, 0.2) is 0 Å². The van der Waals surface area contributed by atoms with Crippen molar-refractivity contribution in [3.8, 4) is 11.8 Å². The van der Waals surface area contributed by atoms with Crippen LogP contribution in [0.5, 0.6) is 5.75 Å². The maximum Gasteiger partial charge on any atom is 0.266 e. The molecule has 0 radical (unpaired) electrons. The fraction of sp³-hybridized carbons (Fsp3) is 0.0833. The van der Waals surface area contributed by atoms with Gasteiger partial charge in [-0.2, -0.15) is 5.26 Å². The number of halogens is 3. The molecule has 0 aliphatic carbocycles. The number of carbonyl (C=O) groups is 1. The number of nitrogens with zero attached hydrogens (tertiary/aromatic N) is 1. The minimum Gasteiger partial charge on any atom is -0.488 e. The van der Waals surface area contributed by atoms with E-state index in [1.54, 1.807) is 37.3 Å². The fourth-order valence-corrected chi connectivity index (χ4v) is 3.65. The zero-order chi connectivity index (χ0) is 22.4. The van der Waals surface area contributed by atoms with Crippen LogP contribution in [-0.2, 0) is 11.4 Å². The molecule has 0 saturated carbocycles. The van der Waals surface area contributed by atoms with Gasteiger partial charge < -0.3 is 10.1 Å². The highest BCUT2D eigenvalue weighted by molar-refractivity contribution is 14.1. The van der Waals surface area contributed by atoms with Gasteiger partial charge in [-0.25, -0.2) is 0 Å². The number of rotatable bonds is 6. The first-order valence-corrected chi connectivity index (χ1v) is 11.5. The number of nitrogens with one attached hydrogen (secondary N) is 1. The van der Waals surface area contributed by atoms with Crippen LogP contribution in [0.25, 0.3) is 6.08 Å². The van der Waals surface area contributed by atoms with Crippen molar-refractivity contribution in [3.63, 3.8) is 0 Å². The number of amides is 1. The van der Waals surface area contributed by atoms with E-state index in [4.69, 9.17) is 16.3 Å². The van der Waals surface area contributed by atoms with Crippen molar-refractivity contribution >= 4 is 67.8 Å². The van der Waals surface area contributed by atoms with E-state index in [-0.39, 0.29) is 5.57 Å². The molecule has 0 spiro atoms. The molecule has 156 valence electrons. The van der Waals surface area contributed by atoms with E-state index in [1.807, 2.05) is 36.4 Å². The molecule has 3 rings (SSSR count). The average molecular weight is 608 g/mol. The van der Waals surface area contributed by atoms with Crippen molar-refractivity contribution in [2.45, 2.75) is 13.5 Å². The van der Waals surface area contributed by atoms with Crippen molar-refractivity contribution in [1.29, 1.82) is 5.26 Å². The molecule has 0 atom stereocenters. The fourth-order valence-electron chi connectivity index (χ4n) is 2.74. The van der Waals surface area contributed by atoms with E-state index in [1.165, 1.54) is 6.08 Å². The summed E-state index contributed by atoms with van der Waals surface area (Å²) in [4.78, 5) is 12.7. The van der Waals surface area contributed by atoms with E-state index in [0.717, 1.165) is 19.2 Å². The Hall–Kier alpha value is -2.34. The lowest BCUT2D eigenvalue weighted by atomic mass is 10.1. The van der Waals surface area contributed by atoms with Gasteiger partial charge in [-0.1, -0.05) is 45.7 Å².